The second-order valence-corrected chi connectivity index (χ2v) is 4.12. The van der Waals surface area contributed by atoms with E-state index in [4.69, 9.17) is 9.15 Å². The van der Waals surface area contributed by atoms with Crippen molar-refractivity contribution in [1.82, 2.24) is 10.3 Å². The number of nitro groups is 1. The number of ether oxygens (including phenoxy) is 1. The summed E-state index contributed by atoms with van der Waals surface area (Å²) in [5, 5.41) is 13.8. The highest BCUT2D eigenvalue weighted by molar-refractivity contribution is 5.75. The number of rotatable bonds is 3. The van der Waals surface area contributed by atoms with Crippen LogP contribution in [0.3, 0.4) is 0 Å². The van der Waals surface area contributed by atoms with Crippen molar-refractivity contribution in [1.29, 1.82) is 0 Å². The Labute approximate surface area is 102 Å². The fourth-order valence-corrected chi connectivity index (χ4v) is 1.93. The molecule has 0 saturated carbocycles. The Morgan fingerprint density at radius 2 is 2.44 bits per heavy atom. The minimum Gasteiger partial charge on any atom is -0.445 e. The molecule has 1 aliphatic rings. The Hall–Kier alpha value is -2.15. The summed E-state index contributed by atoms with van der Waals surface area (Å²) >= 11 is 0. The fraction of sp³-hybridized carbons (Fsp3) is 0.364. The number of hydrogen-bond donors (Lipinski definition) is 1. The van der Waals surface area contributed by atoms with E-state index in [1.165, 1.54) is 18.2 Å². The van der Waals surface area contributed by atoms with Crippen LogP contribution >= 0.6 is 0 Å². The highest BCUT2D eigenvalue weighted by Gasteiger charge is 2.19. The lowest BCUT2D eigenvalue weighted by Crippen LogP contribution is -2.19. The number of benzene rings is 1. The quantitative estimate of drug-likeness (QED) is 0.654. The van der Waals surface area contributed by atoms with Crippen LogP contribution in [0.2, 0.25) is 0 Å². The molecule has 1 fully saturated rings. The highest BCUT2D eigenvalue weighted by atomic mass is 16.6. The third kappa shape index (κ3) is 2.00. The summed E-state index contributed by atoms with van der Waals surface area (Å²) in [6, 6.07) is 4.28. The van der Waals surface area contributed by atoms with Gasteiger partial charge in [0.2, 0.25) is 0 Å². The second-order valence-electron chi connectivity index (χ2n) is 4.12. The van der Waals surface area contributed by atoms with E-state index in [0.29, 0.717) is 11.1 Å². The van der Waals surface area contributed by atoms with E-state index < -0.39 is 4.92 Å². The van der Waals surface area contributed by atoms with Crippen molar-refractivity contribution in [3.8, 4) is 6.08 Å². The van der Waals surface area contributed by atoms with Gasteiger partial charge in [0, 0.05) is 18.7 Å². The largest absolute Gasteiger partial charge is 0.445 e. The molecular formula is C11H11N3O4. The zero-order valence-corrected chi connectivity index (χ0v) is 9.46. The maximum atomic E-state index is 10.6. The number of nitrogens with one attached hydrogen (secondary N) is 1. The monoisotopic (exact) mass is 249 g/mol. The van der Waals surface area contributed by atoms with Gasteiger partial charge in [-0.2, -0.15) is 4.98 Å². The molecule has 0 aliphatic carbocycles. The van der Waals surface area contributed by atoms with E-state index in [0.717, 1.165) is 19.5 Å². The number of non-ortho nitro benzene ring substituents is 1. The van der Waals surface area contributed by atoms with E-state index in [-0.39, 0.29) is 17.9 Å². The van der Waals surface area contributed by atoms with Crippen LogP contribution in [0.4, 0.5) is 5.69 Å². The van der Waals surface area contributed by atoms with Gasteiger partial charge in [0.1, 0.15) is 11.6 Å². The second kappa shape index (κ2) is 4.26. The normalized spacial score (nSPS) is 19.2. The lowest BCUT2D eigenvalue weighted by Gasteiger charge is -2.06. The molecule has 0 unspecified atom stereocenters. The van der Waals surface area contributed by atoms with Gasteiger partial charge in [-0.15, -0.1) is 0 Å². The lowest BCUT2D eigenvalue weighted by molar-refractivity contribution is -0.384. The van der Waals surface area contributed by atoms with Crippen molar-refractivity contribution in [3.63, 3.8) is 0 Å². The molecule has 1 aromatic heterocycles. The molecule has 1 N–H and O–H groups in total. The van der Waals surface area contributed by atoms with Gasteiger partial charge >= 0.3 is 6.08 Å². The molecule has 2 aromatic rings. The average Bonchev–Trinajstić information content (AvgIpc) is 2.96. The summed E-state index contributed by atoms with van der Waals surface area (Å²) in [5.41, 5.74) is 0.914. The van der Waals surface area contributed by atoms with Gasteiger partial charge in [0.05, 0.1) is 4.92 Å². The molecule has 2 heterocycles. The van der Waals surface area contributed by atoms with Crippen LogP contribution in [0.1, 0.15) is 6.42 Å². The first-order valence-electron chi connectivity index (χ1n) is 5.65. The lowest BCUT2D eigenvalue weighted by atomic mass is 10.3. The van der Waals surface area contributed by atoms with Gasteiger partial charge in [-0.05, 0) is 19.0 Å². The first-order valence-corrected chi connectivity index (χ1v) is 5.65. The molecular weight excluding hydrogens is 238 g/mol. The van der Waals surface area contributed by atoms with Gasteiger partial charge < -0.3 is 14.5 Å². The zero-order valence-electron chi connectivity index (χ0n) is 9.46. The van der Waals surface area contributed by atoms with Gasteiger partial charge in [-0.1, -0.05) is 0 Å². The predicted octanol–water partition coefficient (Wildman–Crippen LogP) is 1.48. The van der Waals surface area contributed by atoms with Gasteiger partial charge in [-0.3, -0.25) is 10.1 Å². The molecule has 18 heavy (non-hydrogen) atoms. The Kier molecular flexibility index (Phi) is 2.60. The SMILES string of the molecule is O=[N+]([O-])c1ccc2oc(O[C@@H]3CCNC3)nc2c1. The average molecular weight is 249 g/mol. The molecule has 0 bridgehead atoms. The van der Waals surface area contributed by atoms with Gasteiger partial charge in [0.25, 0.3) is 5.69 Å². The van der Waals surface area contributed by atoms with E-state index >= 15 is 0 Å². The van der Waals surface area contributed by atoms with Crippen molar-refractivity contribution in [2.45, 2.75) is 12.5 Å². The smallest absolute Gasteiger partial charge is 0.394 e. The van der Waals surface area contributed by atoms with Gasteiger partial charge in [-0.25, -0.2) is 0 Å². The molecule has 1 aromatic carbocycles. The third-order valence-electron chi connectivity index (χ3n) is 2.84. The molecule has 0 radical (unpaired) electrons. The number of aromatic nitrogens is 1. The van der Waals surface area contributed by atoms with Crippen LogP contribution in [-0.2, 0) is 0 Å². The zero-order chi connectivity index (χ0) is 12.5. The molecule has 1 atom stereocenters. The summed E-state index contributed by atoms with van der Waals surface area (Å²) in [5.74, 6) is 0. The highest BCUT2D eigenvalue weighted by Crippen LogP contribution is 2.25. The Morgan fingerprint density at radius 1 is 1.56 bits per heavy atom. The summed E-state index contributed by atoms with van der Waals surface area (Å²) in [6.07, 6.45) is 1.12. The van der Waals surface area contributed by atoms with Crippen molar-refractivity contribution >= 4 is 16.8 Å². The van der Waals surface area contributed by atoms with Crippen molar-refractivity contribution < 1.29 is 14.1 Å². The maximum Gasteiger partial charge on any atom is 0.394 e. The van der Waals surface area contributed by atoms with Crippen molar-refractivity contribution in [2.75, 3.05) is 13.1 Å². The van der Waals surface area contributed by atoms with E-state index in [1.807, 2.05) is 0 Å². The summed E-state index contributed by atoms with van der Waals surface area (Å²) < 4.78 is 10.9. The number of hydrogen-bond acceptors (Lipinski definition) is 6. The minimum atomic E-state index is -0.463. The summed E-state index contributed by atoms with van der Waals surface area (Å²) in [4.78, 5) is 14.3. The predicted molar refractivity (Wildman–Crippen MR) is 62.6 cm³/mol. The Balaban J connectivity index is 1.87. The molecule has 7 heteroatoms. The summed E-state index contributed by atoms with van der Waals surface area (Å²) in [7, 11) is 0. The van der Waals surface area contributed by atoms with Crippen LogP contribution in [0, 0.1) is 10.1 Å². The molecule has 1 aliphatic heterocycles. The first kappa shape index (κ1) is 11.0. The standard InChI is InChI=1S/C11H11N3O4/c15-14(16)7-1-2-10-9(5-7)13-11(18-10)17-8-3-4-12-6-8/h1-2,5,8,12H,3-4,6H2/t8-/m1/s1. The maximum absolute atomic E-state index is 10.6. The van der Waals surface area contributed by atoms with E-state index in [2.05, 4.69) is 10.3 Å². The molecule has 0 spiro atoms. The van der Waals surface area contributed by atoms with Crippen molar-refractivity contribution in [2.24, 2.45) is 0 Å². The number of fused-ring (bicyclic) bond motifs is 1. The molecule has 94 valence electrons. The van der Waals surface area contributed by atoms with Crippen LogP contribution in [0.15, 0.2) is 22.6 Å². The molecule has 1 saturated heterocycles. The fourth-order valence-electron chi connectivity index (χ4n) is 1.93. The van der Waals surface area contributed by atoms with Crippen LogP contribution in [0.25, 0.3) is 11.1 Å². The number of oxazole rings is 1. The Morgan fingerprint density at radius 3 is 3.17 bits per heavy atom. The van der Waals surface area contributed by atoms with Crippen LogP contribution < -0.4 is 10.1 Å². The first-order chi connectivity index (χ1) is 8.72. The third-order valence-corrected chi connectivity index (χ3v) is 2.84. The molecule has 0 amide bonds. The van der Waals surface area contributed by atoms with E-state index in [9.17, 15) is 10.1 Å². The van der Waals surface area contributed by atoms with Crippen molar-refractivity contribution in [3.05, 3.63) is 28.3 Å². The Bertz CT molecular complexity index is 589. The number of nitro benzene ring substituents is 1. The van der Waals surface area contributed by atoms with E-state index in [1.54, 1.807) is 0 Å². The van der Waals surface area contributed by atoms with Gasteiger partial charge in [0.15, 0.2) is 5.58 Å². The number of nitrogens with zero attached hydrogens (tertiary/aromatic N) is 2. The van der Waals surface area contributed by atoms with Crippen LogP contribution in [-0.4, -0.2) is 29.1 Å². The molecule has 3 rings (SSSR count). The summed E-state index contributed by atoms with van der Waals surface area (Å²) in [6.45, 7) is 1.68. The topological polar surface area (TPSA) is 90.4 Å². The molecule has 7 nitrogen and oxygen atoms in total. The van der Waals surface area contributed by atoms with Crippen LogP contribution in [0.5, 0.6) is 6.08 Å². The minimum absolute atomic E-state index is 0.00937.